The highest BCUT2D eigenvalue weighted by atomic mass is 16.7. The quantitative estimate of drug-likeness (QED) is 0.359. The third-order valence-corrected chi connectivity index (χ3v) is 12.2. The SMILES string of the molecule is C[C@H]1CC[C@@]2(OC1)O[C@@H]1C[C@H]3[C@H]4CC=C5C[C@@H](OC(=O)CCC(=O)O)CC[C@]5(C)[C@@H]4CC[C@]3(C)[C@H]1[C@@H]2C. The number of carbonyl (C=O) groups is 2. The van der Waals surface area contributed by atoms with E-state index in [1.54, 1.807) is 0 Å². The molecule has 6 heteroatoms. The van der Waals surface area contributed by atoms with Crippen LogP contribution < -0.4 is 0 Å². The first kappa shape index (κ1) is 25.9. The van der Waals surface area contributed by atoms with Crippen molar-refractivity contribution in [3.63, 3.8) is 0 Å². The van der Waals surface area contributed by atoms with Crippen molar-refractivity contribution in [2.24, 2.45) is 46.3 Å². The van der Waals surface area contributed by atoms with E-state index in [1.165, 1.54) is 31.3 Å². The number of rotatable bonds is 4. The maximum Gasteiger partial charge on any atom is 0.306 e. The lowest BCUT2D eigenvalue weighted by atomic mass is 9.47. The lowest BCUT2D eigenvalue weighted by Crippen LogP contribution is -2.52. The van der Waals surface area contributed by atoms with Crippen molar-refractivity contribution in [2.75, 3.05) is 6.61 Å². The van der Waals surface area contributed by atoms with Crippen molar-refractivity contribution in [1.82, 2.24) is 0 Å². The first-order valence-corrected chi connectivity index (χ1v) is 15.0. The van der Waals surface area contributed by atoms with Gasteiger partial charge in [0, 0.05) is 18.8 Å². The Morgan fingerprint density at radius 2 is 1.89 bits per heavy atom. The number of esters is 1. The van der Waals surface area contributed by atoms with Gasteiger partial charge in [-0.05, 0) is 85.4 Å². The van der Waals surface area contributed by atoms with E-state index in [9.17, 15) is 9.59 Å². The van der Waals surface area contributed by atoms with Crippen LogP contribution in [-0.2, 0) is 23.8 Å². The minimum atomic E-state index is -0.953. The van der Waals surface area contributed by atoms with Gasteiger partial charge in [-0.25, -0.2) is 0 Å². The number of carbonyl (C=O) groups excluding carboxylic acids is 1. The molecule has 6 aliphatic rings. The molecule has 0 amide bonds. The number of hydrogen-bond acceptors (Lipinski definition) is 5. The summed E-state index contributed by atoms with van der Waals surface area (Å²) in [6, 6.07) is 0. The molecular weight excluding hydrogens is 468 g/mol. The van der Waals surface area contributed by atoms with E-state index in [4.69, 9.17) is 19.3 Å². The van der Waals surface area contributed by atoms with Gasteiger partial charge < -0.3 is 19.3 Å². The van der Waals surface area contributed by atoms with Crippen molar-refractivity contribution >= 4 is 11.9 Å². The van der Waals surface area contributed by atoms with Crippen molar-refractivity contribution in [1.29, 1.82) is 0 Å². The minimum Gasteiger partial charge on any atom is -0.481 e. The molecule has 0 radical (unpaired) electrons. The molecule has 5 fully saturated rings. The van der Waals surface area contributed by atoms with Gasteiger partial charge in [-0.1, -0.05) is 39.3 Å². The second-order valence-corrected chi connectivity index (χ2v) is 14.0. The van der Waals surface area contributed by atoms with Crippen LogP contribution in [0.5, 0.6) is 0 Å². The number of ether oxygens (including phenoxy) is 3. The van der Waals surface area contributed by atoms with Crippen LogP contribution in [0.25, 0.3) is 0 Å². The Morgan fingerprint density at radius 1 is 1.08 bits per heavy atom. The van der Waals surface area contributed by atoms with E-state index in [2.05, 4.69) is 33.8 Å². The maximum absolute atomic E-state index is 12.2. The number of carboxylic acids is 1. The summed E-state index contributed by atoms with van der Waals surface area (Å²) in [6.45, 7) is 10.6. The third-order valence-electron chi connectivity index (χ3n) is 12.2. The van der Waals surface area contributed by atoms with Crippen molar-refractivity contribution < 1.29 is 28.9 Å². The normalized spacial score (nSPS) is 50.4. The molecule has 0 bridgehead atoms. The zero-order valence-electron chi connectivity index (χ0n) is 23.2. The summed E-state index contributed by atoms with van der Waals surface area (Å²) in [7, 11) is 0. The molecule has 2 heterocycles. The first-order chi connectivity index (χ1) is 17.6. The molecule has 1 N–H and O–H groups in total. The van der Waals surface area contributed by atoms with Crippen LogP contribution in [-0.4, -0.2) is 41.6 Å². The molecular formula is C31H46O6. The molecule has 6 rings (SSSR count). The highest BCUT2D eigenvalue weighted by Gasteiger charge is 2.68. The highest BCUT2D eigenvalue weighted by molar-refractivity contribution is 5.76. The van der Waals surface area contributed by atoms with Crippen LogP contribution in [0.15, 0.2) is 11.6 Å². The summed E-state index contributed by atoms with van der Waals surface area (Å²) in [6.07, 6.45) is 12.4. The summed E-state index contributed by atoms with van der Waals surface area (Å²) in [4.78, 5) is 23.0. The number of carboxylic acid groups (broad SMARTS) is 1. The Labute approximate surface area is 221 Å². The van der Waals surface area contributed by atoms with E-state index in [0.717, 1.165) is 38.7 Å². The lowest BCUT2D eigenvalue weighted by Gasteiger charge is -2.58. The summed E-state index contributed by atoms with van der Waals surface area (Å²) >= 11 is 0. The van der Waals surface area contributed by atoms with Gasteiger partial charge >= 0.3 is 11.9 Å². The van der Waals surface area contributed by atoms with Crippen LogP contribution in [0.3, 0.4) is 0 Å². The molecule has 0 unspecified atom stereocenters. The van der Waals surface area contributed by atoms with Crippen molar-refractivity contribution in [3.05, 3.63) is 11.6 Å². The van der Waals surface area contributed by atoms with E-state index < -0.39 is 5.97 Å². The molecule has 0 aromatic heterocycles. The molecule has 6 nitrogen and oxygen atoms in total. The second kappa shape index (κ2) is 9.08. The minimum absolute atomic E-state index is 0.0404. The van der Waals surface area contributed by atoms with Gasteiger partial charge in [0.25, 0.3) is 0 Å². The standard InChI is InChI=1S/C31H46O6/c1-18-9-14-31(35-17-18)19(2)28-25(37-31)16-24-22-6-5-20-15-21(36-27(34)8-7-26(32)33)10-12-29(20,3)23(22)11-13-30(24,28)4/h5,18-19,21-25,28H,6-17H2,1-4H3,(H,32,33)/t18-,19-,21-,22-,23+,24-,25+,28-,29-,30-,31+/m0/s1. The van der Waals surface area contributed by atoms with Gasteiger partial charge in [0.05, 0.1) is 25.6 Å². The Balaban J connectivity index is 1.16. The molecule has 4 aliphatic carbocycles. The monoisotopic (exact) mass is 514 g/mol. The predicted octanol–water partition coefficient (Wildman–Crippen LogP) is 6.13. The number of fused-ring (bicyclic) bond motifs is 7. The van der Waals surface area contributed by atoms with Crippen LogP contribution in [0.4, 0.5) is 0 Å². The highest BCUT2D eigenvalue weighted by Crippen LogP contribution is 2.70. The van der Waals surface area contributed by atoms with Crippen LogP contribution in [0.2, 0.25) is 0 Å². The number of aliphatic carboxylic acids is 1. The molecule has 206 valence electrons. The predicted molar refractivity (Wildman–Crippen MR) is 138 cm³/mol. The van der Waals surface area contributed by atoms with Gasteiger partial charge in [-0.2, -0.15) is 0 Å². The summed E-state index contributed by atoms with van der Waals surface area (Å²) in [5.41, 5.74) is 1.98. The van der Waals surface area contributed by atoms with Gasteiger partial charge in [0.2, 0.25) is 0 Å². The average molecular weight is 515 g/mol. The second-order valence-electron chi connectivity index (χ2n) is 14.0. The van der Waals surface area contributed by atoms with E-state index in [0.29, 0.717) is 47.0 Å². The smallest absolute Gasteiger partial charge is 0.306 e. The first-order valence-electron chi connectivity index (χ1n) is 15.0. The van der Waals surface area contributed by atoms with Gasteiger partial charge in [0.1, 0.15) is 6.10 Å². The average Bonchev–Trinajstić information content (AvgIpc) is 3.30. The fraction of sp³-hybridized carbons (Fsp3) is 0.871. The van der Waals surface area contributed by atoms with Crippen LogP contribution in [0, 0.1) is 46.3 Å². The molecule has 0 aromatic carbocycles. The molecule has 37 heavy (non-hydrogen) atoms. The maximum atomic E-state index is 12.2. The summed E-state index contributed by atoms with van der Waals surface area (Å²) < 4.78 is 19.1. The zero-order valence-corrected chi connectivity index (χ0v) is 23.2. The topological polar surface area (TPSA) is 82.1 Å². The third kappa shape index (κ3) is 4.02. The number of allylic oxidation sites excluding steroid dienone is 1. The van der Waals surface area contributed by atoms with Crippen molar-refractivity contribution in [2.45, 2.75) is 116 Å². The molecule has 11 atom stereocenters. The Kier molecular flexibility index (Phi) is 6.34. The van der Waals surface area contributed by atoms with Crippen molar-refractivity contribution in [3.8, 4) is 0 Å². The fourth-order valence-corrected chi connectivity index (χ4v) is 10.2. The summed E-state index contributed by atoms with van der Waals surface area (Å²) in [5, 5.41) is 8.86. The van der Waals surface area contributed by atoms with Gasteiger partial charge in [-0.15, -0.1) is 0 Å². The van der Waals surface area contributed by atoms with E-state index in [-0.39, 0.29) is 36.1 Å². The molecule has 2 aliphatic heterocycles. The molecule has 0 aromatic rings. The van der Waals surface area contributed by atoms with E-state index >= 15 is 0 Å². The Morgan fingerprint density at radius 3 is 2.62 bits per heavy atom. The van der Waals surface area contributed by atoms with E-state index in [1.807, 2.05) is 0 Å². The van der Waals surface area contributed by atoms with Crippen LogP contribution in [0.1, 0.15) is 98.3 Å². The van der Waals surface area contributed by atoms with Crippen LogP contribution >= 0.6 is 0 Å². The Bertz CT molecular complexity index is 965. The molecule has 1 spiro atoms. The molecule has 2 saturated heterocycles. The fourth-order valence-electron chi connectivity index (χ4n) is 10.2. The van der Waals surface area contributed by atoms with Gasteiger partial charge in [-0.3, -0.25) is 9.59 Å². The largest absolute Gasteiger partial charge is 0.481 e. The Hall–Kier alpha value is -1.40. The molecule has 3 saturated carbocycles. The lowest BCUT2D eigenvalue weighted by molar-refractivity contribution is -0.272. The van der Waals surface area contributed by atoms with Gasteiger partial charge in [0.15, 0.2) is 5.79 Å². The number of hydrogen-bond donors (Lipinski definition) is 1. The zero-order chi connectivity index (χ0) is 26.2. The summed E-state index contributed by atoms with van der Waals surface area (Å²) in [5.74, 6) is 2.08.